The van der Waals surface area contributed by atoms with Crippen molar-refractivity contribution >= 4 is 38.5 Å². The van der Waals surface area contributed by atoms with E-state index in [0.29, 0.717) is 0 Å². The Balaban J connectivity index is 2.15. The molecule has 0 aromatic heterocycles. The summed E-state index contributed by atoms with van der Waals surface area (Å²) in [5.41, 5.74) is 0. The standard InChI is InChI=1S/C14H15BrOS/c1-2-17-10-9-16-13-8-7-11-5-3-4-6-12(11)14(13)15/h3-8H,2,9-10H2,1H3. The molecule has 0 aliphatic heterocycles. The first kappa shape index (κ1) is 12.8. The predicted molar refractivity (Wildman–Crippen MR) is 80.1 cm³/mol. The van der Waals surface area contributed by atoms with Crippen molar-refractivity contribution in [1.82, 2.24) is 0 Å². The Morgan fingerprint density at radius 1 is 1.18 bits per heavy atom. The molecule has 0 N–H and O–H groups in total. The quantitative estimate of drug-likeness (QED) is 0.738. The van der Waals surface area contributed by atoms with Crippen molar-refractivity contribution in [2.75, 3.05) is 18.1 Å². The summed E-state index contributed by atoms with van der Waals surface area (Å²) in [5.74, 6) is 3.11. The van der Waals surface area contributed by atoms with Crippen LogP contribution in [0.15, 0.2) is 40.9 Å². The SMILES string of the molecule is CCSCCOc1ccc2ccccc2c1Br. The van der Waals surface area contributed by atoms with Gasteiger partial charge in [-0.25, -0.2) is 0 Å². The zero-order chi connectivity index (χ0) is 12.1. The highest BCUT2D eigenvalue weighted by molar-refractivity contribution is 9.10. The third kappa shape index (κ3) is 3.17. The summed E-state index contributed by atoms with van der Waals surface area (Å²) in [5, 5.41) is 2.43. The molecule has 0 saturated carbocycles. The molecule has 2 aromatic rings. The van der Waals surface area contributed by atoms with E-state index in [2.05, 4.69) is 41.1 Å². The topological polar surface area (TPSA) is 9.23 Å². The summed E-state index contributed by atoms with van der Waals surface area (Å²) in [6, 6.07) is 12.4. The molecule has 0 unspecified atom stereocenters. The molecule has 0 aliphatic rings. The van der Waals surface area contributed by atoms with Gasteiger partial charge in [0.25, 0.3) is 0 Å². The second-order valence-electron chi connectivity index (χ2n) is 3.64. The van der Waals surface area contributed by atoms with Gasteiger partial charge >= 0.3 is 0 Å². The van der Waals surface area contributed by atoms with Crippen LogP contribution in [0.25, 0.3) is 10.8 Å². The van der Waals surface area contributed by atoms with E-state index in [-0.39, 0.29) is 0 Å². The number of hydrogen-bond acceptors (Lipinski definition) is 2. The highest BCUT2D eigenvalue weighted by Crippen LogP contribution is 2.32. The minimum atomic E-state index is 0.759. The minimum Gasteiger partial charge on any atom is -0.492 e. The van der Waals surface area contributed by atoms with Crippen LogP contribution < -0.4 is 4.74 Å². The molecule has 0 radical (unpaired) electrons. The number of ether oxygens (including phenoxy) is 1. The van der Waals surface area contributed by atoms with Gasteiger partial charge in [-0.3, -0.25) is 0 Å². The van der Waals surface area contributed by atoms with Crippen LogP contribution >= 0.6 is 27.7 Å². The third-order valence-electron chi connectivity index (χ3n) is 2.52. The van der Waals surface area contributed by atoms with Crippen LogP contribution in [-0.2, 0) is 0 Å². The number of benzene rings is 2. The molecular weight excluding hydrogens is 296 g/mol. The van der Waals surface area contributed by atoms with Gasteiger partial charge in [-0.05, 0) is 38.5 Å². The molecule has 3 heteroatoms. The van der Waals surface area contributed by atoms with Gasteiger partial charge < -0.3 is 4.74 Å². The van der Waals surface area contributed by atoms with E-state index in [1.807, 2.05) is 30.0 Å². The molecule has 0 bridgehead atoms. The van der Waals surface area contributed by atoms with E-state index >= 15 is 0 Å². The van der Waals surface area contributed by atoms with Gasteiger partial charge in [0.1, 0.15) is 5.75 Å². The third-order valence-corrected chi connectivity index (χ3v) is 4.20. The van der Waals surface area contributed by atoms with E-state index in [4.69, 9.17) is 4.74 Å². The van der Waals surface area contributed by atoms with Crippen molar-refractivity contribution in [3.8, 4) is 5.75 Å². The molecule has 0 heterocycles. The van der Waals surface area contributed by atoms with Gasteiger partial charge in [-0.2, -0.15) is 11.8 Å². The summed E-state index contributed by atoms with van der Waals surface area (Å²) in [4.78, 5) is 0. The van der Waals surface area contributed by atoms with E-state index < -0.39 is 0 Å². The van der Waals surface area contributed by atoms with E-state index in [1.165, 1.54) is 10.8 Å². The van der Waals surface area contributed by atoms with Crippen molar-refractivity contribution in [1.29, 1.82) is 0 Å². The molecule has 2 rings (SSSR count). The van der Waals surface area contributed by atoms with Gasteiger partial charge in [0, 0.05) is 5.75 Å². The van der Waals surface area contributed by atoms with Crippen molar-refractivity contribution in [3.05, 3.63) is 40.9 Å². The van der Waals surface area contributed by atoms with E-state index in [1.54, 1.807) is 0 Å². The normalized spacial score (nSPS) is 10.7. The molecular formula is C14H15BrOS. The zero-order valence-corrected chi connectivity index (χ0v) is 12.2. The fourth-order valence-electron chi connectivity index (χ4n) is 1.68. The predicted octanol–water partition coefficient (Wildman–Crippen LogP) is 4.73. The van der Waals surface area contributed by atoms with Gasteiger partial charge in [0.15, 0.2) is 0 Å². The maximum Gasteiger partial charge on any atom is 0.134 e. The summed E-state index contributed by atoms with van der Waals surface area (Å²) in [6.07, 6.45) is 0. The average Bonchev–Trinajstić information content (AvgIpc) is 2.37. The van der Waals surface area contributed by atoms with E-state index in [0.717, 1.165) is 28.3 Å². The van der Waals surface area contributed by atoms with Gasteiger partial charge in [-0.1, -0.05) is 37.3 Å². The second-order valence-corrected chi connectivity index (χ2v) is 5.83. The van der Waals surface area contributed by atoms with Crippen molar-refractivity contribution in [2.24, 2.45) is 0 Å². The van der Waals surface area contributed by atoms with Crippen LogP contribution in [0.2, 0.25) is 0 Å². The molecule has 0 aliphatic carbocycles. The van der Waals surface area contributed by atoms with Crippen LogP contribution in [0.4, 0.5) is 0 Å². The molecule has 90 valence electrons. The van der Waals surface area contributed by atoms with E-state index in [9.17, 15) is 0 Å². The van der Waals surface area contributed by atoms with Crippen LogP contribution in [0.5, 0.6) is 5.75 Å². The van der Waals surface area contributed by atoms with Crippen LogP contribution in [0.3, 0.4) is 0 Å². The van der Waals surface area contributed by atoms with Crippen LogP contribution in [-0.4, -0.2) is 18.1 Å². The lowest BCUT2D eigenvalue weighted by molar-refractivity contribution is 0.342. The Labute approximate surface area is 115 Å². The van der Waals surface area contributed by atoms with Gasteiger partial charge in [0.05, 0.1) is 11.1 Å². The van der Waals surface area contributed by atoms with Crippen LogP contribution in [0, 0.1) is 0 Å². The first-order chi connectivity index (χ1) is 8.33. The fourth-order valence-corrected chi connectivity index (χ4v) is 2.78. The average molecular weight is 311 g/mol. The summed E-state index contributed by atoms with van der Waals surface area (Å²) < 4.78 is 6.83. The summed E-state index contributed by atoms with van der Waals surface area (Å²) in [7, 11) is 0. The Bertz CT molecular complexity index is 499. The largest absolute Gasteiger partial charge is 0.492 e. The zero-order valence-electron chi connectivity index (χ0n) is 9.78. The molecule has 2 aromatic carbocycles. The molecule has 0 saturated heterocycles. The second kappa shape index (κ2) is 6.31. The maximum absolute atomic E-state index is 5.78. The lowest BCUT2D eigenvalue weighted by Crippen LogP contribution is -2.00. The molecule has 17 heavy (non-hydrogen) atoms. The summed E-state index contributed by atoms with van der Waals surface area (Å²) in [6.45, 7) is 2.92. The molecule has 1 nitrogen and oxygen atoms in total. The van der Waals surface area contributed by atoms with Crippen LogP contribution in [0.1, 0.15) is 6.92 Å². The lowest BCUT2D eigenvalue weighted by Gasteiger charge is -2.09. The molecule has 0 atom stereocenters. The first-order valence-corrected chi connectivity index (χ1v) is 7.65. The first-order valence-electron chi connectivity index (χ1n) is 5.70. The van der Waals surface area contributed by atoms with Crippen molar-refractivity contribution in [3.63, 3.8) is 0 Å². The Morgan fingerprint density at radius 3 is 2.82 bits per heavy atom. The molecule has 0 spiro atoms. The Kier molecular flexibility index (Phi) is 4.75. The van der Waals surface area contributed by atoms with Gasteiger partial charge in [-0.15, -0.1) is 0 Å². The number of fused-ring (bicyclic) bond motifs is 1. The molecule has 0 amide bonds. The monoisotopic (exact) mass is 310 g/mol. The Hall–Kier alpha value is -0.670. The minimum absolute atomic E-state index is 0.759. The lowest BCUT2D eigenvalue weighted by atomic mass is 10.1. The van der Waals surface area contributed by atoms with Crippen molar-refractivity contribution in [2.45, 2.75) is 6.92 Å². The number of hydrogen-bond donors (Lipinski definition) is 0. The van der Waals surface area contributed by atoms with Crippen molar-refractivity contribution < 1.29 is 4.74 Å². The highest BCUT2D eigenvalue weighted by Gasteiger charge is 2.05. The number of halogens is 1. The maximum atomic E-state index is 5.78. The number of thioether (sulfide) groups is 1. The van der Waals surface area contributed by atoms with Gasteiger partial charge in [0.2, 0.25) is 0 Å². The smallest absolute Gasteiger partial charge is 0.134 e. The fraction of sp³-hybridized carbons (Fsp3) is 0.286. The summed E-state index contributed by atoms with van der Waals surface area (Å²) >= 11 is 5.52. The Morgan fingerprint density at radius 2 is 2.00 bits per heavy atom. The highest BCUT2D eigenvalue weighted by atomic mass is 79.9. The molecule has 0 fully saturated rings. The number of rotatable bonds is 5.